The Morgan fingerprint density at radius 2 is 2.17 bits per heavy atom. The number of nitrogens with zero attached hydrogens (tertiary/aromatic N) is 2. The molecule has 2 aliphatic heterocycles. The predicted octanol–water partition coefficient (Wildman–Crippen LogP) is 3.65. The summed E-state index contributed by atoms with van der Waals surface area (Å²) in [6.45, 7) is 0. The number of carbonyl (C=O) groups is 1. The van der Waals surface area contributed by atoms with Crippen molar-refractivity contribution in [2.24, 2.45) is 16.4 Å². The highest BCUT2D eigenvalue weighted by Gasteiger charge is 2.62. The normalized spacial score (nSPS) is 25.6. The van der Waals surface area contributed by atoms with Crippen molar-refractivity contribution >= 4 is 34.1 Å². The minimum absolute atomic E-state index is 0.209. The van der Waals surface area contributed by atoms with Crippen LogP contribution in [0.1, 0.15) is 35.2 Å². The van der Waals surface area contributed by atoms with Gasteiger partial charge in [-0.2, -0.15) is 5.10 Å². The number of nitrogens with one attached hydrogen (secondary N) is 3. The molecule has 1 spiro atoms. The van der Waals surface area contributed by atoms with E-state index in [4.69, 9.17) is 4.74 Å². The van der Waals surface area contributed by atoms with E-state index >= 15 is 0 Å². The van der Waals surface area contributed by atoms with Crippen LogP contribution >= 0.6 is 11.8 Å². The van der Waals surface area contributed by atoms with Gasteiger partial charge in [0.2, 0.25) is 0 Å². The summed E-state index contributed by atoms with van der Waals surface area (Å²) in [7, 11) is 4.79. The zero-order chi connectivity index (χ0) is 24.7. The maximum Gasteiger partial charge on any atom is 0.262 e. The second-order valence-electron chi connectivity index (χ2n) is 9.18. The van der Waals surface area contributed by atoms with Crippen molar-refractivity contribution in [3.63, 3.8) is 0 Å². The van der Waals surface area contributed by atoms with Crippen LogP contribution in [0.5, 0.6) is 0 Å². The standard InChI is InChI=1S/C25H27F2N5O2S/c1-28-15-5-6-16(17(10-15)18-11-19(22(26)27)32(2)13-20(18)34-3)23(33)29-24-31-30-21(35-24)7-4-14-12-25(14)8-9-25/h5-6,10-11,13-14,19,21-22,28,30H,8-9,12H2,1-3H3,(H,29,31,33). The lowest BCUT2D eigenvalue weighted by molar-refractivity contribution is 0.0780. The minimum atomic E-state index is -2.60. The molecule has 1 amide bonds. The molecule has 0 saturated heterocycles. The van der Waals surface area contributed by atoms with E-state index in [2.05, 4.69) is 33.0 Å². The SMILES string of the molecule is CNc1ccc(C(=O)NC2=NNC(C#CC3CC34CC4)S2)c(C2=CC(C(F)F)N(C)C=C2OC)c1. The lowest BCUT2D eigenvalue weighted by Gasteiger charge is -2.30. The third-order valence-electron chi connectivity index (χ3n) is 6.92. The quantitative estimate of drug-likeness (QED) is 0.537. The molecule has 3 atom stereocenters. The third-order valence-corrected chi connectivity index (χ3v) is 7.79. The van der Waals surface area contributed by atoms with Crippen molar-refractivity contribution in [1.82, 2.24) is 15.6 Å². The molecule has 0 radical (unpaired) electrons. The molecule has 2 aliphatic carbocycles. The second-order valence-corrected chi connectivity index (χ2v) is 10.3. The number of hydrogen-bond donors (Lipinski definition) is 3. The lowest BCUT2D eigenvalue weighted by atomic mass is 9.93. The number of rotatable bonds is 5. The number of halogens is 2. The van der Waals surface area contributed by atoms with Gasteiger partial charge in [0, 0.05) is 43.0 Å². The number of ether oxygens (including phenoxy) is 1. The Labute approximate surface area is 207 Å². The first-order valence-electron chi connectivity index (χ1n) is 11.5. The predicted molar refractivity (Wildman–Crippen MR) is 134 cm³/mol. The fourth-order valence-corrected chi connectivity index (χ4v) is 5.19. The lowest BCUT2D eigenvalue weighted by Crippen LogP contribution is -2.35. The largest absolute Gasteiger partial charge is 0.495 e. The Morgan fingerprint density at radius 3 is 2.83 bits per heavy atom. The number of methoxy groups -OCH3 is 1. The van der Waals surface area contributed by atoms with Crippen LogP contribution in [-0.4, -0.2) is 55.0 Å². The zero-order valence-corrected chi connectivity index (χ0v) is 20.5. The molecule has 2 heterocycles. The molecule has 35 heavy (non-hydrogen) atoms. The molecular formula is C25H27F2N5O2S. The van der Waals surface area contributed by atoms with Gasteiger partial charge in [-0.3, -0.25) is 15.5 Å². The van der Waals surface area contributed by atoms with Crippen LogP contribution in [0, 0.1) is 23.2 Å². The Balaban J connectivity index is 1.36. The summed E-state index contributed by atoms with van der Waals surface area (Å²) in [6, 6.07) is 4.03. The molecule has 0 bridgehead atoms. The van der Waals surface area contributed by atoms with Crippen molar-refractivity contribution in [2.75, 3.05) is 26.5 Å². The van der Waals surface area contributed by atoms with Crippen molar-refractivity contribution in [3.8, 4) is 11.8 Å². The second kappa shape index (κ2) is 9.11. The van der Waals surface area contributed by atoms with Gasteiger partial charge in [0.15, 0.2) is 10.5 Å². The smallest absolute Gasteiger partial charge is 0.262 e. The molecule has 2 saturated carbocycles. The van der Waals surface area contributed by atoms with E-state index in [1.807, 2.05) is 0 Å². The van der Waals surface area contributed by atoms with Gasteiger partial charge in [-0.05, 0) is 66.3 Å². The molecule has 2 fully saturated rings. The van der Waals surface area contributed by atoms with Gasteiger partial charge in [-0.1, -0.05) is 11.8 Å². The maximum atomic E-state index is 13.7. The van der Waals surface area contributed by atoms with Gasteiger partial charge in [-0.15, -0.1) is 0 Å². The van der Waals surface area contributed by atoms with Gasteiger partial charge in [0.25, 0.3) is 12.3 Å². The number of likely N-dealkylation sites (N-methyl/N-ethyl adjacent to an activating group) is 1. The fourth-order valence-electron chi connectivity index (χ4n) is 4.47. The molecule has 1 aromatic carbocycles. The first kappa shape index (κ1) is 23.5. The van der Waals surface area contributed by atoms with E-state index in [0.29, 0.717) is 39.0 Å². The summed E-state index contributed by atoms with van der Waals surface area (Å²) >= 11 is 1.35. The number of carbonyl (C=O) groups excluding carboxylic acids is 1. The summed E-state index contributed by atoms with van der Waals surface area (Å²) < 4.78 is 32.8. The number of hydrazone groups is 1. The summed E-state index contributed by atoms with van der Waals surface area (Å²) in [6.07, 6.45) is 4.13. The van der Waals surface area contributed by atoms with Gasteiger partial charge in [-0.25, -0.2) is 8.78 Å². The Hall–Kier alpha value is -3.19. The Kier molecular flexibility index (Phi) is 6.13. The van der Waals surface area contributed by atoms with Crippen LogP contribution in [0.2, 0.25) is 0 Å². The summed E-state index contributed by atoms with van der Waals surface area (Å²) in [5.41, 5.74) is 5.44. The monoisotopic (exact) mass is 499 g/mol. The first-order valence-corrected chi connectivity index (χ1v) is 12.3. The Bertz CT molecular complexity index is 1200. The maximum absolute atomic E-state index is 13.7. The number of allylic oxidation sites excluding steroid dienone is 1. The molecule has 7 nitrogen and oxygen atoms in total. The van der Waals surface area contributed by atoms with E-state index < -0.39 is 18.4 Å². The molecule has 3 unspecified atom stereocenters. The van der Waals surface area contributed by atoms with Crippen molar-refractivity contribution in [3.05, 3.63) is 47.4 Å². The van der Waals surface area contributed by atoms with Crippen LogP contribution < -0.4 is 16.1 Å². The number of alkyl halides is 2. The number of hydrogen-bond acceptors (Lipinski definition) is 7. The number of amidine groups is 1. The molecule has 1 aromatic rings. The average Bonchev–Trinajstić information content (AvgIpc) is 3.73. The van der Waals surface area contributed by atoms with E-state index in [0.717, 1.165) is 5.69 Å². The zero-order valence-electron chi connectivity index (χ0n) is 19.7. The van der Waals surface area contributed by atoms with E-state index in [-0.39, 0.29) is 5.37 Å². The first-order chi connectivity index (χ1) is 16.8. The van der Waals surface area contributed by atoms with Gasteiger partial charge in [0.05, 0.1) is 7.11 Å². The van der Waals surface area contributed by atoms with Gasteiger partial charge >= 0.3 is 0 Å². The summed E-state index contributed by atoms with van der Waals surface area (Å²) in [5, 5.41) is 10.3. The van der Waals surface area contributed by atoms with Crippen LogP contribution in [0.4, 0.5) is 14.5 Å². The highest BCUT2D eigenvalue weighted by Crippen LogP contribution is 2.70. The fraction of sp³-hybridized carbons (Fsp3) is 0.440. The molecule has 184 valence electrons. The summed E-state index contributed by atoms with van der Waals surface area (Å²) in [4.78, 5) is 14.7. The number of benzene rings is 1. The van der Waals surface area contributed by atoms with Crippen LogP contribution in [0.25, 0.3) is 5.57 Å². The van der Waals surface area contributed by atoms with Crippen LogP contribution in [-0.2, 0) is 4.74 Å². The number of thioether (sulfide) groups is 1. The molecule has 10 heteroatoms. The minimum Gasteiger partial charge on any atom is -0.495 e. The van der Waals surface area contributed by atoms with E-state index in [9.17, 15) is 13.6 Å². The van der Waals surface area contributed by atoms with Crippen molar-refractivity contribution in [1.29, 1.82) is 0 Å². The molecule has 0 aromatic heterocycles. The van der Waals surface area contributed by atoms with E-state index in [1.165, 1.54) is 55.3 Å². The molecule has 4 aliphatic rings. The van der Waals surface area contributed by atoms with E-state index in [1.54, 1.807) is 32.3 Å². The summed E-state index contributed by atoms with van der Waals surface area (Å²) in [5.74, 6) is 7.04. The molecule has 5 rings (SSSR count). The van der Waals surface area contributed by atoms with Crippen molar-refractivity contribution < 1.29 is 18.3 Å². The number of anilines is 1. The average molecular weight is 500 g/mol. The van der Waals surface area contributed by atoms with Crippen LogP contribution in [0.15, 0.2) is 41.3 Å². The van der Waals surface area contributed by atoms with Gasteiger partial charge in [0.1, 0.15) is 11.8 Å². The third kappa shape index (κ3) is 4.69. The molecule has 3 N–H and O–H groups in total. The van der Waals surface area contributed by atoms with Crippen molar-refractivity contribution in [2.45, 2.75) is 37.1 Å². The number of amides is 1. The molecular weight excluding hydrogens is 472 g/mol. The highest BCUT2D eigenvalue weighted by atomic mass is 32.2. The highest BCUT2D eigenvalue weighted by molar-refractivity contribution is 8.14. The van der Waals surface area contributed by atoms with Crippen LogP contribution in [0.3, 0.4) is 0 Å². The topological polar surface area (TPSA) is 78.0 Å². The van der Waals surface area contributed by atoms with Gasteiger partial charge < -0.3 is 15.0 Å². The Morgan fingerprint density at radius 1 is 1.37 bits per heavy atom.